The first-order valence-corrected chi connectivity index (χ1v) is 7.95. The van der Waals surface area contributed by atoms with Crippen LogP contribution in [0.3, 0.4) is 0 Å². The van der Waals surface area contributed by atoms with Crippen molar-refractivity contribution in [1.82, 2.24) is 10.2 Å². The number of nitrogens with zero attached hydrogens (tertiary/aromatic N) is 2. The Morgan fingerprint density at radius 3 is 2.65 bits per heavy atom. The van der Waals surface area contributed by atoms with E-state index in [1.165, 1.54) is 23.1 Å². The van der Waals surface area contributed by atoms with Gasteiger partial charge in [-0.25, -0.2) is 0 Å². The normalized spacial score (nSPS) is 12.3. The monoisotopic (exact) mass is 311 g/mol. The molecule has 108 valence electrons. The number of benzene rings is 1. The average molecular weight is 311 g/mol. The summed E-state index contributed by atoms with van der Waals surface area (Å²) in [7, 11) is 0. The fraction of sp³-hybridized carbons (Fsp3) is 0.385. The van der Waals surface area contributed by atoms with Gasteiger partial charge in [-0.3, -0.25) is 0 Å². The third kappa shape index (κ3) is 4.09. The Bertz CT molecular complexity index is 554. The van der Waals surface area contributed by atoms with Gasteiger partial charge in [-0.15, -0.1) is 10.2 Å². The van der Waals surface area contributed by atoms with Crippen LogP contribution in [-0.2, 0) is 0 Å². The zero-order valence-electron chi connectivity index (χ0n) is 11.4. The van der Waals surface area contributed by atoms with E-state index in [-0.39, 0.29) is 6.61 Å². The summed E-state index contributed by atoms with van der Waals surface area (Å²) in [5.74, 6) is 1.34. The largest absolute Gasteiger partial charge is 0.490 e. The zero-order chi connectivity index (χ0) is 14.5. The van der Waals surface area contributed by atoms with Gasteiger partial charge in [-0.2, -0.15) is 0 Å². The molecule has 3 N–H and O–H groups in total. The van der Waals surface area contributed by atoms with E-state index in [0.29, 0.717) is 10.9 Å². The molecule has 2 aromatic rings. The first-order chi connectivity index (χ1) is 9.56. The number of para-hydroxylation sites is 1. The van der Waals surface area contributed by atoms with Crippen LogP contribution in [0.15, 0.2) is 22.5 Å². The minimum absolute atomic E-state index is 0.257. The summed E-state index contributed by atoms with van der Waals surface area (Å²) in [5, 5.41) is 18.0. The molecule has 0 saturated heterocycles. The molecule has 7 heteroatoms. The number of nitrogen functional groups attached to an aromatic ring is 1. The number of thioether (sulfide) groups is 1. The van der Waals surface area contributed by atoms with Crippen LogP contribution >= 0.6 is 23.1 Å². The highest BCUT2D eigenvalue weighted by Crippen LogP contribution is 2.25. The van der Waals surface area contributed by atoms with E-state index in [4.69, 9.17) is 10.5 Å². The molecule has 0 saturated carbocycles. The molecule has 0 fully saturated rings. The second-order valence-electron chi connectivity index (χ2n) is 4.40. The van der Waals surface area contributed by atoms with Gasteiger partial charge in [-0.05, 0) is 25.0 Å². The fourth-order valence-corrected chi connectivity index (χ4v) is 3.27. The summed E-state index contributed by atoms with van der Waals surface area (Å²) in [5.41, 5.74) is 7.64. The predicted octanol–water partition coefficient (Wildman–Crippen LogP) is 2.27. The molecule has 1 aromatic carbocycles. The van der Waals surface area contributed by atoms with E-state index in [2.05, 4.69) is 10.2 Å². The molecule has 20 heavy (non-hydrogen) atoms. The third-order valence-electron chi connectivity index (χ3n) is 2.65. The lowest BCUT2D eigenvalue weighted by atomic mass is 10.1. The highest BCUT2D eigenvalue weighted by molar-refractivity contribution is 8.01. The Morgan fingerprint density at radius 1 is 1.35 bits per heavy atom. The number of aliphatic hydroxyl groups excluding tert-OH is 1. The first kappa shape index (κ1) is 15.1. The van der Waals surface area contributed by atoms with Crippen LogP contribution in [-0.4, -0.2) is 33.8 Å². The SMILES string of the molecule is Cc1cccc(C)c1OCC(O)CSc1nnc(N)s1. The summed E-state index contributed by atoms with van der Waals surface area (Å²) >= 11 is 2.74. The Kier molecular flexibility index (Phi) is 5.22. The molecule has 1 aromatic heterocycles. The maximum atomic E-state index is 9.94. The van der Waals surface area contributed by atoms with Crippen molar-refractivity contribution in [3.8, 4) is 5.75 Å². The van der Waals surface area contributed by atoms with Gasteiger partial charge in [0.2, 0.25) is 5.13 Å². The molecule has 0 spiro atoms. The van der Waals surface area contributed by atoms with Gasteiger partial charge in [0.05, 0.1) is 6.10 Å². The van der Waals surface area contributed by atoms with Crippen molar-refractivity contribution < 1.29 is 9.84 Å². The number of nitrogens with two attached hydrogens (primary N) is 1. The van der Waals surface area contributed by atoms with Crippen LogP contribution in [0, 0.1) is 13.8 Å². The summed E-state index contributed by atoms with van der Waals surface area (Å²) in [6.07, 6.45) is -0.566. The number of aromatic nitrogens is 2. The molecule has 0 amide bonds. The first-order valence-electron chi connectivity index (χ1n) is 6.15. The number of hydrogen-bond acceptors (Lipinski definition) is 7. The minimum Gasteiger partial charge on any atom is -0.490 e. The smallest absolute Gasteiger partial charge is 0.203 e. The van der Waals surface area contributed by atoms with E-state index >= 15 is 0 Å². The Labute approximate surface area is 126 Å². The van der Waals surface area contributed by atoms with E-state index < -0.39 is 6.10 Å². The van der Waals surface area contributed by atoms with Crippen LogP contribution in [0.25, 0.3) is 0 Å². The Hall–Kier alpha value is -1.31. The molecule has 2 rings (SSSR count). The van der Waals surface area contributed by atoms with E-state index in [1.54, 1.807) is 0 Å². The van der Waals surface area contributed by atoms with Gasteiger partial charge in [-0.1, -0.05) is 41.3 Å². The van der Waals surface area contributed by atoms with E-state index in [1.807, 2.05) is 32.0 Å². The molecule has 0 bridgehead atoms. The minimum atomic E-state index is -0.566. The highest BCUT2D eigenvalue weighted by atomic mass is 32.2. The number of aliphatic hydroxyl groups is 1. The van der Waals surface area contributed by atoms with Gasteiger partial charge < -0.3 is 15.6 Å². The second kappa shape index (κ2) is 6.92. The van der Waals surface area contributed by atoms with Crippen molar-refractivity contribution in [3.05, 3.63) is 29.3 Å². The molecule has 1 unspecified atom stereocenters. The molecule has 5 nitrogen and oxygen atoms in total. The Balaban J connectivity index is 1.81. The lowest BCUT2D eigenvalue weighted by Crippen LogP contribution is -2.20. The summed E-state index contributed by atoms with van der Waals surface area (Å²) in [6.45, 7) is 4.24. The number of anilines is 1. The van der Waals surface area contributed by atoms with Crippen LogP contribution in [0.4, 0.5) is 5.13 Å². The van der Waals surface area contributed by atoms with E-state index in [9.17, 15) is 5.11 Å². The quantitative estimate of drug-likeness (QED) is 0.797. The van der Waals surface area contributed by atoms with Crippen molar-refractivity contribution in [2.45, 2.75) is 24.3 Å². The summed E-state index contributed by atoms with van der Waals surface area (Å²) in [4.78, 5) is 0. The lowest BCUT2D eigenvalue weighted by Gasteiger charge is -2.14. The number of hydrogen-bond donors (Lipinski definition) is 2. The molecular formula is C13H17N3O2S2. The molecule has 1 atom stereocenters. The van der Waals surface area contributed by atoms with E-state index in [0.717, 1.165) is 21.2 Å². The lowest BCUT2D eigenvalue weighted by molar-refractivity contribution is 0.125. The van der Waals surface area contributed by atoms with Crippen molar-refractivity contribution in [2.24, 2.45) is 0 Å². The molecular weight excluding hydrogens is 294 g/mol. The topological polar surface area (TPSA) is 81.3 Å². The van der Waals surface area contributed by atoms with Crippen LogP contribution in [0.1, 0.15) is 11.1 Å². The second-order valence-corrected chi connectivity index (χ2v) is 6.68. The maximum Gasteiger partial charge on any atom is 0.203 e. The van der Waals surface area contributed by atoms with Crippen molar-refractivity contribution in [2.75, 3.05) is 18.1 Å². The third-order valence-corrected chi connectivity index (χ3v) is 4.68. The van der Waals surface area contributed by atoms with Gasteiger partial charge in [0, 0.05) is 5.75 Å². The van der Waals surface area contributed by atoms with Crippen molar-refractivity contribution >= 4 is 28.2 Å². The zero-order valence-corrected chi connectivity index (χ0v) is 13.0. The van der Waals surface area contributed by atoms with Crippen LogP contribution in [0.5, 0.6) is 5.75 Å². The molecule has 0 aliphatic carbocycles. The number of ether oxygens (including phenoxy) is 1. The fourth-order valence-electron chi connectivity index (χ4n) is 1.70. The summed E-state index contributed by atoms with van der Waals surface area (Å²) in [6, 6.07) is 5.98. The average Bonchev–Trinajstić information content (AvgIpc) is 2.82. The molecule has 0 radical (unpaired) electrons. The van der Waals surface area contributed by atoms with Crippen LogP contribution < -0.4 is 10.5 Å². The molecule has 1 heterocycles. The number of aryl methyl sites for hydroxylation is 2. The van der Waals surface area contributed by atoms with Gasteiger partial charge in [0.1, 0.15) is 12.4 Å². The molecule has 0 aliphatic rings. The standard InChI is InChI=1S/C13H17N3O2S2/c1-8-4-3-5-9(2)11(8)18-6-10(17)7-19-13-16-15-12(14)20-13/h3-5,10,17H,6-7H2,1-2H3,(H2,14,15). The Morgan fingerprint density at radius 2 is 2.05 bits per heavy atom. The van der Waals surface area contributed by atoms with Gasteiger partial charge >= 0.3 is 0 Å². The predicted molar refractivity (Wildman–Crippen MR) is 82.5 cm³/mol. The van der Waals surface area contributed by atoms with Crippen molar-refractivity contribution in [3.63, 3.8) is 0 Å². The number of rotatable bonds is 6. The van der Waals surface area contributed by atoms with Gasteiger partial charge in [0.25, 0.3) is 0 Å². The highest BCUT2D eigenvalue weighted by Gasteiger charge is 2.11. The van der Waals surface area contributed by atoms with Crippen molar-refractivity contribution in [1.29, 1.82) is 0 Å². The molecule has 0 aliphatic heterocycles. The summed E-state index contributed by atoms with van der Waals surface area (Å²) < 4.78 is 6.46. The van der Waals surface area contributed by atoms with Gasteiger partial charge in [0.15, 0.2) is 4.34 Å². The maximum absolute atomic E-state index is 9.94. The van der Waals surface area contributed by atoms with Crippen LogP contribution in [0.2, 0.25) is 0 Å².